The fourth-order valence-corrected chi connectivity index (χ4v) is 2.55. The number of hydrogen-bond donors (Lipinski definition) is 0. The summed E-state index contributed by atoms with van der Waals surface area (Å²) in [4.78, 5) is 13.1. The van der Waals surface area contributed by atoms with Gasteiger partial charge in [0.2, 0.25) is 7.41 Å². The lowest BCUT2D eigenvalue weighted by atomic mass is 9.53. The Morgan fingerprint density at radius 2 is 2.00 bits per heavy atom. The third-order valence-electron chi connectivity index (χ3n) is 3.74. The van der Waals surface area contributed by atoms with E-state index in [1.165, 1.54) is 0 Å². The highest BCUT2D eigenvalue weighted by Crippen LogP contribution is 2.43. The average Bonchev–Trinajstić information content (AvgIpc) is 2.33. The number of nitro groups is 1. The minimum atomic E-state index is -0.277. The zero-order chi connectivity index (χ0) is 14.5. The molecule has 0 spiro atoms. The topological polar surface area (TPSA) is 46.4 Å². The van der Waals surface area contributed by atoms with Gasteiger partial charge >= 0.3 is 0 Å². The maximum absolute atomic E-state index is 11.1. The van der Waals surface area contributed by atoms with Gasteiger partial charge in [-0.2, -0.15) is 0 Å². The smallest absolute Gasteiger partial charge is 0.267 e. The Morgan fingerprint density at radius 3 is 2.47 bits per heavy atom. The number of hydrogen-bond acceptors (Lipinski definition) is 3. The Morgan fingerprint density at radius 1 is 1.42 bits per heavy atom. The first-order valence-electron chi connectivity index (χ1n) is 7.07. The average molecular weight is 263 g/mol. The van der Waals surface area contributed by atoms with Crippen LogP contribution in [0.25, 0.3) is 0 Å². The quantitative estimate of drug-likeness (QED) is 0.401. The molecule has 19 heavy (non-hydrogen) atoms. The molecule has 0 fully saturated rings. The largest absolute Gasteiger partial charge is 0.346 e. The van der Waals surface area contributed by atoms with Crippen molar-refractivity contribution in [1.82, 2.24) is 4.81 Å². The minimum Gasteiger partial charge on any atom is -0.346 e. The molecule has 0 bridgehead atoms. The number of rotatable bonds is 7. The van der Waals surface area contributed by atoms with Crippen LogP contribution in [0.1, 0.15) is 47.0 Å². The third-order valence-corrected chi connectivity index (χ3v) is 3.74. The highest BCUT2D eigenvalue weighted by atomic mass is 16.6. The summed E-state index contributed by atoms with van der Waals surface area (Å²) >= 11 is 0. The lowest BCUT2D eigenvalue weighted by Crippen LogP contribution is -2.38. The van der Waals surface area contributed by atoms with E-state index in [0.29, 0.717) is 0 Å². The highest BCUT2D eigenvalue weighted by molar-refractivity contribution is 6.38. The summed E-state index contributed by atoms with van der Waals surface area (Å²) in [6.45, 7) is 10.3. The van der Waals surface area contributed by atoms with Gasteiger partial charge in [0.25, 0.3) is 5.70 Å². The van der Waals surface area contributed by atoms with Gasteiger partial charge in [0.15, 0.2) is 0 Å². The molecular weight excluding hydrogens is 239 g/mol. The first kappa shape index (κ1) is 16.0. The van der Waals surface area contributed by atoms with Crippen molar-refractivity contribution in [2.24, 2.45) is 0 Å². The van der Waals surface area contributed by atoms with Gasteiger partial charge in [-0.05, 0) is 44.6 Å². The second-order valence-electron chi connectivity index (χ2n) is 5.46. The Labute approximate surface area is 117 Å². The van der Waals surface area contributed by atoms with Gasteiger partial charge < -0.3 is 4.81 Å². The van der Waals surface area contributed by atoms with Crippen LogP contribution in [0.15, 0.2) is 23.4 Å². The van der Waals surface area contributed by atoms with Crippen molar-refractivity contribution in [3.63, 3.8) is 0 Å². The molecule has 1 rings (SSSR count). The molecule has 1 radical (unpaired) electrons. The second-order valence-corrected chi connectivity index (χ2v) is 5.46. The van der Waals surface area contributed by atoms with Gasteiger partial charge in [-0.15, -0.1) is 0 Å². The lowest BCUT2D eigenvalue weighted by Gasteiger charge is -2.35. The van der Waals surface area contributed by atoms with Gasteiger partial charge in [0.05, 0.1) is 4.92 Å². The number of allylic oxidation sites excluding steroid dienone is 3. The molecule has 1 aliphatic rings. The molecule has 0 saturated carbocycles. The predicted octanol–water partition coefficient (Wildman–Crippen LogP) is 3.42. The van der Waals surface area contributed by atoms with E-state index in [4.69, 9.17) is 0 Å². The van der Waals surface area contributed by atoms with E-state index < -0.39 is 0 Å². The monoisotopic (exact) mass is 263 g/mol. The Hall–Kier alpha value is -1.10. The van der Waals surface area contributed by atoms with Crippen LogP contribution in [0.2, 0.25) is 5.31 Å². The molecule has 105 valence electrons. The molecule has 0 N–H and O–H groups in total. The SMILES string of the molecule is CCCN([B]C1(C)CC=CC([N+](=O)[O-])=C1C)CCC. The minimum absolute atomic E-state index is 0.235. The van der Waals surface area contributed by atoms with E-state index in [9.17, 15) is 10.1 Å². The van der Waals surface area contributed by atoms with E-state index in [1.807, 2.05) is 13.0 Å². The van der Waals surface area contributed by atoms with Gasteiger partial charge in [-0.1, -0.05) is 26.8 Å². The summed E-state index contributed by atoms with van der Waals surface area (Å²) in [5, 5.41) is 10.8. The van der Waals surface area contributed by atoms with Crippen molar-refractivity contribution in [3.8, 4) is 0 Å². The van der Waals surface area contributed by atoms with Crippen molar-refractivity contribution in [3.05, 3.63) is 33.5 Å². The van der Waals surface area contributed by atoms with Gasteiger partial charge in [-0.3, -0.25) is 10.1 Å². The highest BCUT2D eigenvalue weighted by Gasteiger charge is 2.36. The predicted molar refractivity (Wildman–Crippen MR) is 79.7 cm³/mol. The number of nitrogens with zero attached hydrogens (tertiary/aromatic N) is 2. The fourth-order valence-electron chi connectivity index (χ4n) is 2.55. The summed E-state index contributed by atoms with van der Waals surface area (Å²) in [5.41, 5.74) is 1.11. The van der Waals surface area contributed by atoms with Crippen LogP contribution in [-0.2, 0) is 0 Å². The van der Waals surface area contributed by atoms with Crippen molar-refractivity contribution in [1.29, 1.82) is 0 Å². The van der Waals surface area contributed by atoms with Crippen LogP contribution in [0.5, 0.6) is 0 Å². The molecular formula is C14H24BN2O2. The molecule has 0 aliphatic heterocycles. The van der Waals surface area contributed by atoms with Crippen molar-refractivity contribution in [2.75, 3.05) is 13.1 Å². The first-order valence-corrected chi connectivity index (χ1v) is 7.07. The van der Waals surface area contributed by atoms with Crippen LogP contribution >= 0.6 is 0 Å². The van der Waals surface area contributed by atoms with E-state index in [-0.39, 0.29) is 15.9 Å². The lowest BCUT2D eigenvalue weighted by molar-refractivity contribution is -0.420. The molecule has 1 aliphatic carbocycles. The molecule has 0 amide bonds. The molecule has 0 saturated heterocycles. The van der Waals surface area contributed by atoms with Crippen LogP contribution < -0.4 is 0 Å². The maximum atomic E-state index is 11.1. The Balaban J connectivity index is 2.90. The molecule has 0 aromatic rings. The first-order chi connectivity index (χ1) is 8.94. The van der Waals surface area contributed by atoms with Crippen molar-refractivity contribution < 1.29 is 4.92 Å². The van der Waals surface area contributed by atoms with Crippen molar-refractivity contribution in [2.45, 2.75) is 52.3 Å². The fraction of sp³-hybridized carbons (Fsp3) is 0.714. The normalized spacial score (nSPS) is 23.0. The Bertz CT molecular complexity index is 387. The molecule has 5 heteroatoms. The molecule has 0 heterocycles. The maximum Gasteiger partial charge on any atom is 0.267 e. The van der Waals surface area contributed by atoms with Gasteiger partial charge in [0.1, 0.15) is 0 Å². The van der Waals surface area contributed by atoms with E-state index in [0.717, 1.165) is 37.9 Å². The van der Waals surface area contributed by atoms with Crippen LogP contribution in [-0.4, -0.2) is 30.2 Å². The van der Waals surface area contributed by atoms with E-state index >= 15 is 0 Å². The zero-order valence-corrected chi connectivity index (χ0v) is 12.5. The molecule has 0 aromatic carbocycles. The van der Waals surface area contributed by atoms with Crippen molar-refractivity contribution >= 4 is 7.41 Å². The summed E-state index contributed by atoms with van der Waals surface area (Å²) in [7, 11) is 2.20. The molecule has 1 unspecified atom stereocenters. The summed E-state index contributed by atoms with van der Waals surface area (Å²) in [5.74, 6) is 0. The van der Waals surface area contributed by atoms with Gasteiger partial charge in [0, 0.05) is 11.6 Å². The molecule has 4 nitrogen and oxygen atoms in total. The molecule has 0 aromatic heterocycles. The van der Waals surface area contributed by atoms with Crippen LogP contribution in [0.3, 0.4) is 0 Å². The van der Waals surface area contributed by atoms with E-state index in [1.54, 1.807) is 6.08 Å². The Kier molecular flexibility index (Phi) is 5.79. The summed E-state index contributed by atoms with van der Waals surface area (Å²) < 4.78 is 0. The standard InChI is InChI=1S/C14H24BN2O2/c1-5-10-16(11-6-2)15-14(4)9-7-8-13(12(14)3)17(18)19/h7-8H,5-6,9-11H2,1-4H3. The van der Waals surface area contributed by atoms with Crippen LogP contribution in [0, 0.1) is 10.1 Å². The van der Waals surface area contributed by atoms with Crippen LogP contribution in [0.4, 0.5) is 0 Å². The molecule has 1 atom stereocenters. The summed E-state index contributed by atoms with van der Waals surface area (Å²) in [6.07, 6.45) is 6.56. The summed E-state index contributed by atoms with van der Waals surface area (Å²) in [6, 6.07) is 0. The van der Waals surface area contributed by atoms with Gasteiger partial charge in [-0.25, -0.2) is 0 Å². The third kappa shape index (κ3) is 3.93. The second kappa shape index (κ2) is 6.89. The van der Waals surface area contributed by atoms with E-state index in [2.05, 4.69) is 33.0 Å². The zero-order valence-electron chi connectivity index (χ0n) is 12.5.